The van der Waals surface area contributed by atoms with Gasteiger partial charge in [-0.3, -0.25) is 9.59 Å². The van der Waals surface area contributed by atoms with Crippen molar-refractivity contribution >= 4 is 16.7 Å². The number of rotatable bonds is 5. The van der Waals surface area contributed by atoms with Crippen molar-refractivity contribution in [2.75, 3.05) is 0 Å². The number of hydrogen-bond acceptors (Lipinski definition) is 6. The molecule has 2 heterocycles. The Morgan fingerprint density at radius 3 is 2.57 bits per heavy atom. The second kappa shape index (κ2) is 7.48. The lowest BCUT2D eigenvalue weighted by Crippen LogP contribution is -2.22. The van der Waals surface area contributed by atoms with E-state index in [0.29, 0.717) is 28.1 Å². The predicted molar refractivity (Wildman–Crippen MR) is 102 cm³/mol. The Labute approximate surface area is 160 Å². The standard InChI is InChI=1S/C21H17N3O4/c1-24-21(26)16-10-6-5-9-15(16)17(23-24)11-20(25)27-13-19-22-12-18(28-19)14-7-3-2-4-8-14/h2-10,12H,11,13H2,1H3. The maximum absolute atomic E-state index is 12.3. The minimum absolute atomic E-state index is 0.0547. The van der Waals surface area contributed by atoms with Crippen LogP contribution in [0.25, 0.3) is 22.1 Å². The number of carbonyl (C=O) groups is 1. The highest BCUT2D eigenvalue weighted by Gasteiger charge is 2.14. The van der Waals surface area contributed by atoms with Crippen LogP contribution in [0.4, 0.5) is 0 Å². The molecule has 2 aromatic carbocycles. The molecule has 0 aliphatic carbocycles. The van der Waals surface area contributed by atoms with Crippen molar-refractivity contribution in [2.24, 2.45) is 7.05 Å². The lowest BCUT2D eigenvalue weighted by atomic mass is 10.1. The Bertz CT molecular complexity index is 1200. The summed E-state index contributed by atoms with van der Waals surface area (Å²) in [4.78, 5) is 28.6. The molecule has 2 aromatic heterocycles. The average Bonchev–Trinajstić information content (AvgIpc) is 3.20. The summed E-state index contributed by atoms with van der Waals surface area (Å²) < 4.78 is 12.1. The summed E-state index contributed by atoms with van der Waals surface area (Å²) in [6.07, 6.45) is 1.54. The summed E-state index contributed by atoms with van der Waals surface area (Å²) >= 11 is 0. The fraction of sp³-hybridized carbons (Fsp3) is 0.143. The first-order valence-electron chi connectivity index (χ1n) is 8.72. The van der Waals surface area contributed by atoms with E-state index < -0.39 is 5.97 Å². The number of aryl methyl sites for hydroxylation is 1. The molecule has 7 heteroatoms. The third-order valence-electron chi connectivity index (χ3n) is 4.31. The van der Waals surface area contributed by atoms with E-state index in [1.807, 2.05) is 30.3 Å². The van der Waals surface area contributed by atoms with Gasteiger partial charge in [0, 0.05) is 18.0 Å². The summed E-state index contributed by atoms with van der Waals surface area (Å²) in [6, 6.07) is 16.6. The van der Waals surface area contributed by atoms with Gasteiger partial charge in [-0.2, -0.15) is 5.10 Å². The topological polar surface area (TPSA) is 87.2 Å². The molecule has 0 spiro atoms. The van der Waals surface area contributed by atoms with Crippen LogP contribution in [0.5, 0.6) is 0 Å². The third-order valence-corrected chi connectivity index (χ3v) is 4.31. The number of hydrogen-bond donors (Lipinski definition) is 0. The number of nitrogens with zero attached hydrogens (tertiary/aromatic N) is 3. The first kappa shape index (κ1) is 17.7. The number of fused-ring (bicyclic) bond motifs is 1. The molecule has 0 aliphatic rings. The van der Waals surface area contributed by atoms with Gasteiger partial charge in [0.15, 0.2) is 12.4 Å². The van der Waals surface area contributed by atoms with E-state index in [1.165, 1.54) is 4.68 Å². The Morgan fingerprint density at radius 2 is 1.79 bits per heavy atom. The molecule has 0 aliphatic heterocycles. The maximum atomic E-state index is 12.3. The Morgan fingerprint density at radius 1 is 1.07 bits per heavy atom. The molecule has 0 bridgehead atoms. The van der Waals surface area contributed by atoms with E-state index in [0.717, 1.165) is 5.56 Å². The van der Waals surface area contributed by atoms with E-state index in [1.54, 1.807) is 37.5 Å². The lowest BCUT2D eigenvalue weighted by molar-refractivity contribution is -0.144. The van der Waals surface area contributed by atoms with Crippen molar-refractivity contribution in [1.29, 1.82) is 0 Å². The number of oxazole rings is 1. The van der Waals surface area contributed by atoms with Gasteiger partial charge in [0.05, 0.1) is 23.7 Å². The van der Waals surface area contributed by atoms with Crippen molar-refractivity contribution in [2.45, 2.75) is 13.0 Å². The molecule has 0 saturated carbocycles. The zero-order valence-corrected chi connectivity index (χ0v) is 15.2. The number of carbonyl (C=O) groups excluding carboxylic acids is 1. The van der Waals surface area contributed by atoms with E-state index >= 15 is 0 Å². The van der Waals surface area contributed by atoms with Crippen LogP contribution in [0.3, 0.4) is 0 Å². The molecular formula is C21H17N3O4. The summed E-state index contributed by atoms with van der Waals surface area (Å²) in [5, 5.41) is 5.36. The minimum Gasteiger partial charge on any atom is -0.455 e. The highest BCUT2D eigenvalue weighted by molar-refractivity contribution is 5.86. The van der Waals surface area contributed by atoms with Gasteiger partial charge in [0.1, 0.15) is 0 Å². The summed E-state index contributed by atoms with van der Waals surface area (Å²) in [6.45, 7) is -0.0740. The summed E-state index contributed by atoms with van der Waals surface area (Å²) in [7, 11) is 1.56. The molecule has 0 radical (unpaired) electrons. The van der Waals surface area contributed by atoms with Crippen molar-refractivity contribution in [3.63, 3.8) is 0 Å². The lowest BCUT2D eigenvalue weighted by Gasteiger charge is -2.07. The SMILES string of the molecule is Cn1nc(CC(=O)OCc2ncc(-c3ccccc3)o2)c2ccccc2c1=O. The van der Waals surface area contributed by atoms with Gasteiger partial charge in [-0.15, -0.1) is 0 Å². The fourth-order valence-electron chi connectivity index (χ4n) is 2.95. The van der Waals surface area contributed by atoms with E-state index in [4.69, 9.17) is 9.15 Å². The summed E-state index contributed by atoms with van der Waals surface area (Å²) in [5.41, 5.74) is 1.18. The minimum atomic E-state index is -0.476. The second-order valence-electron chi connectivity index (χ2n) is 6.24. The zero-order chi connectivity index (χ0) is 19.5. The first-order valence-corrected chi connectivity index (χ1v) is 8.72. The molecule has 28 heavy (non-hydrogen) atoms. The molecule has 0 saturated heterocycles. The van der Waals surface area contributed by atoms with Crippen LogP contribution in [0, 0.1) is 0 Å². The number of benzene rings is 2. The molecule has 0 fully saturated rings. The molecule has 0 atom stereocenters. The summed E-state index contributed by atoms with van der Waals surface area (Å²) in [5.74, 6) is 0.443. The second-order valence-corrected chi connectivity index (χ2v) is 6.24. The van der Waals surface area contributed by atoms with Crippen LogP contribution in [0.15, 0.2) is 70.0 Å². The average molecular weight is 375 g/mol. The molecule has 4 rings (SSSR count). The highest BCUT2D eigenvalue weighted by atomic mass is 16.5. The zero-order valence-electron chi connectivity index (χ0n) is 15.2. The van der Waals surface area contributed by atoms with Crippen molar-refractivity contribution in [1.82, 2.24) is 14.8 Å². The van der Waals surface area contributed by atoms with E-state index in [-0.39, 0.29) is 18.6 Å². The third kappa shape index (κ3) is 3.55. The molecule has 0 unspecified atom stereocenters. The van der Waals surface area contributed by atoms with Crippen LogP contribution in [-0.4, -0.2) is 20.7 Å². The van der Waals surface area contributed by atoms with Gasteiger partial charge in [0.25, 0.3) is 5.56 Å². The van der Waals surface area contributed by atoms with Gasteiger partial charge in [-0.05, 0) is 6.07 Å². The van der Waals surface area contributed by atoms with Crippen molar-refractivity contribution < 1.29 is 13.9 Å². The molecule has 0 amide bonds. The van der Waals surface area contributed by atoms with Crippen LogP contribution in [0.2, 0.25) is 0 Å². The smallest absolute Gasteiger partial charge is 0.312 e. The molecule has 0 N–H and O–H groups in total. The van der Waals surface area contributed by atoms with Gasteiger partial charge in [0.2, 0.25) is 5.89 Å². The number of aromatic nitrogens is 3. The molecular weight excluding hydrogens is 358 g/mol. The normalized spacial score (nSPS) is 10.9. The van der Waals surface area contributed by atoms with E-state index in [2.05, 4.69) is 10.1 Å². The Hall–Kier alpha value is -3.74. The maximum Gasteiger partial charge on any atom is 0.312 e. The van der Waals surface area contributed by atoms with Crippen LogP contribution in [-0.2, 0) is 29.6 Å². The molecule has 7 nitrogen and oxygen atoms in total. The van der Waals surface area contributed by atoms with Crippen molar-refractivity contribution in [3.8, 4) is 11.3 Å². The first-order chi connectivity index (χ1) is 13.6. The Balaban J connectivity index is 1.46. The van der Waals surface area contributed by atoms with E-state index in [9.17, 15) is 9.59 Å². The van der Waals surface area contributed by atoms with Gasteiger partial charge >= 0.3 is 5.97 Å². The molecule has 4 aromatic rings. The number of ether oxygens (including phenoxy) is 1. The van der Waals surface area contributed by atoms with Gasteiger partial charge in [-0.25, -0.2) is 9.67 Å². The van der Waals surface area contributed by atoms with Crippen LogP contribution < -0.4 is 5.56 Å². The molecule has 140 valence electrons. The van der Waals surface area contributed by atoms with Crippen molar-refractivity contribution in [3.05, 3.63) is 82.7 Å². The quantitative estimate of drug-likeness (QED) is 0.499. The van der Waals surface area contributed by atoms with Crippen LogP contribution >= 0.6 is 0 Å². The number of esters is 1. The monoisotopic (exact) mass is 375 g/mol. The highest BCUT2D eigenvalue weighted by Crippen LogP contribution is 2.20. The van der Waals surface area contributed by atoms with Gasteiger partial charge in [-0.1, -0.05) is 48.5 Å². The van der Waals surface area contributed by atoms with Gasteiger partial charge < -0.3 is 9.15 Å². The predicted octanol–water partition coefficient (Wildman–Crippen LogP) is 2.87. The fourth-order valence-corrected chi connectivity index (χ4v) is 2.95. The Kier molecular flexibility index (Phi) is 4.72. The largest absolute Gasteiger partial charge is 0.455 e. The van der Waals surface area contributed by atoms with Crippen LogP contribution in [0.1, 0.15) is 11.6 Å².